The van der Waals surface area contributed by atoms with Gasteiger partial charge in [-0.1, -0.05) is 44.9 Å². The smallest absolute Gasteiger partial charge is 0.329 e. The predicted octanol–water partition coefficient (Wildman–Crippen LogP) is 3.45. The van der Waals surface area contributed by atoms with Gasteiger partial charge in [0.1, 0.15) is 5.01 Å². The minimum absolute atomic E-state index is 0.396. The van der Waals surface area contributed by atoms with E-state index in [1.807, 2.05) is 6.92 Å². The van der Waals surface area contributed by atoms with Crippen molar-refractivity contribution in [3.05, 3.63) is 5.01 Å². The van der Waals surface area contributed by atoms with Crippen LogP contribution in [-0.2, 0) is 6.42 Å². The molecule has 0 aliphatic heterocycles. The molecular formula is C14H20N2OS. The van der Waals surface area contributed by atoms with E-state index in [0.29, 0.717) is 12.6 Å². The highest BCUT2D eigenvalue weighted by atomic mass is 32.1. The van der Waals surface area contributed by atoms with E-state index >= 15 is 0 Å². The molecule has 0 atom stereocenters. The summed E-state index contributed by atoms with van der Waals surface area (Å²) < 4.78 is 9.61. The zero-order valence-electron chi connectivity index (χ0n) is 10.9. The predicted molar refractivity (Wildman–Crippen MR) is 73.8 cm³/mol. The zero-order chi connectivity index (χ0) is 12.6. The molecule has 1 aliphatic carbocycles. The van der Waals surface area contributed by atoms with Crippen molar-refractivity contribution in [1.82, 2.24) is 9.36 Å². The fourth-order valence-electron chi connectivity index (χ4n) is 2.30. The van der Waals surface area contributed by atoms with Gasteiger partial charge in [-0.05, 0) is 17.5 Å². The van der Waals surface area contributed by atoms with Crippen LogP contribution in [0.15, 0.2) is 0 Å². The van der Waals surface area contributed by atoms with Crippen LogP contribution in [0, 0.1) is 17.8 Å². The van der Waals surface area contributed by atoms with Crippen LogP contribution in [0.2, 0.25) is 0 Å². The highest BCUT2D eigenvalue weighted by Gasteiger charge is 2.16. The second-order valence-electron chi connectivity index (χ2n) is 4.67. The molecule has 2 rings (SSSR count). The first-order valence-corrected chi connectivity index (χ1v) is 7.57. The first-order chi connectivity index (χ1) is 8.88. The van der Waals surface area contributed by atoms with Crippen molar-refractivity contribution in [2.24, 2.45) is 5.92 Å². The van der Waals surface area contributed by atoms with Gasteiger partial charge in [0.25, 0.3) is 0 Å². The van der Waals surface area contributed by atoms with Crippen LogP contribution in [0.5, 0.6) is 6.01 Å². The summed E-state index contributed by atoms with van der Waals surface area (Å²) >= 11 is 1.47. The monoisotopic (exact) mass is 264 g/mol. The van der Waals surface area contributed by atoms with Crippen LogP contribution >= 0.6 is 11.5 Å². The summed E-state index contributed by atoms with van der Waals surface area (Å²) in [5.74, 6) is 6.70. The van der Waals surface area contributed by atoms with Gasteiger partial charge in [-0.25, -0.2) is 0 Å². The molecule has 0 N–H and O–H groups in total. The number of hydrogen-bond acceptors (Lipinski definition) is 4. The Labute approximate surface area is 113 Å². The van der Waals surface area contributed by atoms with E-state index in [0.717, 1.165) is 23.8 Å². The molecular weight excluding hydrogens is 244 g/mol. The Bertz CT molecular complexity index is 413. The zero-order valence-corrected chi connectivity index (χ0v) is 11.8. The highest BCUT2D eigenvalue weighted by Crippen LogP contribution is 2.27. The highest BCUT2D eigenvalue weighted by molar-refractivity contribution is 7.05. The Morgan fingerprint density at radius 2 is 2.11 bits per heavy atom. The van der Waals surface area contributed by atoms with Gasteiger partial charge in [-0.2, -0.15) is 4.98 Å². The van der Waals surface area contributed by atoms with Gasteiger partial charge in [0, 0.05) is 12.8 Å². The standard InChI is InChI=1S/C14H20N2OS/c1-2-3-7-10-17-14-15-13(18-16-14)11-12-8-5-4-6-9-12/h12H,2,4-6,8-11H2,1H3. The number of rotatable bonds is 4. The van der Waals surface area contributed by atoms with E-state index in [2.05, 4.69) is 21.2 Å². The summed E-state index contributed by atoms with van der Waals surface area (Å²) in [6, 6.07) is 0.496. The Kier molecular flexibility index (Phi) is 5.47. The van der Waals surface area contributed by atoms with Gasteiger partial charge in [-0.15, -0.1) is 10.3 Å². The third-order valence-electron chi connectivity index (χ3n) is 3.21. The van der Waals surface area contributed by atoms with E-state index in [4.69, 9.17) is 4.74 Å². The molecule has 98 valence electrons. The molecule has 1 aliphatic rings. The molecule has 1 aromatic heterocycles. The summed E-state index contributed by atoms with van der Waals surface area (Å²) in [4.78, 5) is 4.42. The number of nitrogens with zero attached hydrogens (tertiary/aromatic N) is 2. The van der Waals surface area contributed by atoms with E-state index in [1.54, 1.807) is 0 Å². The summed E-state index contributed by atoms with van der Waals surface area (Å²) in [6.07, 6.45) is 8.77. The summed E-state index contributed by atoms with van der Waals surface area (Å²) in [5, 5.41) is 1.11. The third kappa shape index (κ3) is 4.30. The summed E-state index contributed by atoms with van der Waals surface area (Å²) in [6.45, 7) is 2.42. The fourth-order valence-corrected chi connectivity index (χ4v) is 3.00. The average Bonchev–Trinajstić information content (AvgIpc) is 2.84. The molecule has 0 amide bonds. The van der Waals surface area contributed by atoms with Crippen LogP contribution in [-0.4, -0.2) is 16.0 Å². The largest absolute Gasteiger partial charge is 0.450 e. The molecule has 0 aromatic carbocycles. The quantitative estimate of drug-likeness (QED) is 0.781. The lowest BCUT2D eigenvalue weighted by Gasteiger charge is -2.19. The van der Waals surface area contributed by atoms with Gasteiger partial charge in [0.15, 0.2) is 6.61 Å². The van der Waals surface area contributed by atoms with E-state index in [1.165, 1.54) is 43.6 Å². The lowest BCUT2D eigenvalue weighted by Crippen LogP contribution is -2.09. The Balaban J connectivity index is 1.78. The normalized spacial score (nSPS) is 16.1. The topological polar surface area (TPSA) is 35.0 Å². The van der Waals surface area contributed by atoms with Crippen LogP contribution < -0.4 is 4.74 Å². The fraction of sp³-hybridized carbons (Fsp3) is 0.714. The molecule has 4 heteroatoms. The van der Waals surface area contributed by atoms with E-state index in [-0.39, 0.29) is 0 Å². The molecule has 1 aromatic rings. The second kappa shape index (κ2) is 7.38. The molecule has 0 unspecified atom stereocenters. The third-order valence-corrected chi connectivity index (χ3v) is 3.93. The number of hydrogen-bond donors (Lipinski definition) is 0. The average molecular weight is 264 g/mol. The summed E-state index contributed by atoms with van der Waals surface area (Å²) in [7, 11) is 0. The molecule has 0 radical (unpaired) electrons. The van der Waals surface area contributed by atoms with Crippen LogP contribution in [0.25, 0.3) is 0 Å². The summed E-state index contributed by atoms with van der Waals surface area (Å²) in [5.41, 5.74) is 0. The van der Waals surface area contributed by atoms with Gasteiger partial charge >= 0.3 is 6.01 Å². The molecule has 1 fully saturated rings. The van der Waals surface area contributed by atoms with Crippen molar-refractivity contribution in [3.8, 4) is 17.9 Å². The molecule has 18 heavy (non-hydrogen) atoms. The molecule has 0 saturated heterocycles. The lowest BCUT2D eigenvalue weighted by molar-refractivity contribution is 0.338. The Morgan fingerprint density at radius 1 is 1.28 bits per heavy atom. The van der Waals surface area contributed by atoms with Gasteiger partial charge in [0.2, 0.25) is 0 Å². The minimum Gasteiger partial charge on any atom is -0.450 e. The van der Waals surface area contributed by atoms with E-state index in [9.17, 15) is 0 Å². The maximum Gasteiger partial charge on any atom is 0.329 e. The lowest BCUT2D eigenvalue weighted by atomic mass is 9.87. The van der Waals surface area contributed by atoms with Crippen molar-refractivity contribution in [3.63, 3.8) is 0 Å². The minimum atomic E-state index is 0.396. The van der Waals surface area contributed by atoms with Crippen LogP contribution in [0.4, 0.5) is 0 Å². The SMILES string of the molecule is CCC#CCOc1nsc(CC2CCCCC2)n1. The Hall–Kier alpha value is -1.08. The van der Waals surface area contributed by atoms with Crippen molar-refractivity contribution in [1.29, 1.82) is 0 Å². The number of aromatic nitrogens is 2. The molecule has 3 nitrogen and oxygen atoms in total. The van der Waals surface area contributed by atoms with Crippen molar-refractivity contribution in [2.75, 3.05) is 6.61 Å². The number of ether oxygens (including phenoxy) is 1. The first kappa shape index (κ1) is 13.4. The molecule has 0 bridgehead atoms. The molecule has 1 heterocycles. The maximum atomic E-state index is 5.39. The van der Waals surface area contributed by atoms with Crippen molar-refractivity contribution >= 4 is 11.5 Å². The second-order valence-corrected chi connectivity index (χ2v) is 5.51. The van der Waals surface area contributed by atoms with Gasteiger partial charge in [0.05, 0.1) is 0 Å². The van der Waals surface area contributed by atoms with Gasteiger partial charge < -0.3 is 4.74 Å². The van der Waals surface area contributed by atoms with Crippen molar-refractivity contribution < 1.29 is 4.74 Å². The molecule has 1 saturated carbocycles. The van der Waals surface area contributed by atoms with E-state index < -0.39 is 0 Å². The van der Waals surface area contributed by atoms with Crippen molar-refractivity contribution in [2.45, 2.75) is 51.9 Å². The first-order valence-electron chi connectivity index (χ1n) is 6.79. The Morgan fingerprint density at radius 3 is 2.89 bits per heavy atom. The van der Waals surface area contributed by atoms with Crippen LogP contribution in [0.1, 0.15) is 50.5 Å². The molecule has 0 spiro atoms. The maximum absolute atomic E-state index is 5.39. The van der Waals surface area contributed by atoms with Crippen LogP contribution in [0.3, 0.4) is 0 Å². The van der Waals surface area contributed by atoms with Gasteiger partial charge in [-0.3, -0.25) is 0 Å².